The Morgan fingerprint density at radius 2 is 1.95 bits per heavy atom. The molecule has 2 heterocycles. The zero-order valence-electron chi connectivity index (χ0n) is 20.3. The monoisotopic (exact) mass is 521 g/mol. The number of carbonyl (C=O) groups is 1. The van der Waals surface area contributed by atoms with E-state index in [0.717, 1.165) is 18.9 Å². The highest BCUT2D eigenvalue weighted by Gasteiger charge is 2.33. The third kappa shape index (κ3) is 6.79. The van der Waals surface area contributed by atoms with Gasteiger partial charge in [-0.2, -0.15) is 5.10 Å². The molecule has 1 amide bonds. The first-order valence-corrected chi connectivity index (χ1v) is 11.9. The predicted molar refractivity (Wildman–Crippen MR) is 127 cm³/mol. The number of nitrogens with one attached hydrogen (secondary N) is 1. The summed E-state index contributed by atoms with van der Waals surface area (Å²) in [5.74, 6) is -1.37. The van der Waals surface area contributed by atoms with Gasteiger partial charge in [0.2, 0.25) is 0 Å². The highest BCUT2D eigenvalue weighted by atomic mass is 19.4. The predicted octanol–water partition coefficient (Wildman–Crippen LogP) is 6.00. The molecule has 2 aromatic carbocycles. The molecule has 1 N–H and O–H groups in total. The molecule has 1 aliphatic rings. The number of rotatable bonds is 8. The quantitative estimate of drug-likeness (QED) is 0.368. The van der Waals surface area contributed by atoms with Crippen molar-refractivity contribution >= 4 is 5.91 Å². The van der Waals surface area contributed by atoms with Crippen LogP contribution < -0.4 is 14.8 Å². The van der Waals surface area contributed by atoms with Crippen molar-refractivity contribution < 1.29 is 36.6 Å². The van der Waals surface area contributed by atoms with Gasteiger partial charge in [-0.3, -0.25) is 4.79 Å². The van der Waals surface area contributed by atoms with Crippen LogP contribution in [-0.2, 0) is 11.3 Å². The van der Waals surface area contributed by atoms with E-state index in [1.165, 1.54) is 30.3 Å². The number of para-hydroxylation sites is 1. The summed E-state index contributed by atoms with van der Waals surface area (Å²) in [6, 6.07) is 11.0. The molecule has 1 fully saturated rings. The number of carbonyl (C=O) groups excluding carboxylic acids is 1. The topological polar surface area (TPSA) is 74.6 Å². The second-order valence-electron chi connectivity index (χ2n) is 8.82. The van der Waals surface area contributed by atoms with Crippen molar-refractivity contribution in [2.75, 3.05) is 6.61 Å². The Hall–Kier alpha value is -3.60. The summed E-state index contributed by atoms with van der Waals surface area (Å²) in [6.45, 7) is 4.16. The van der Waals surface area contributed by atoms with Crippen LogP contribution in [0, 0.1) is 5.82 Å². The molecule has 1 aliphatic heterocycles. The Morgan fingerprint density at radius 3 is 2.65 bits per heavy atom. The van der Waals surface area contributed by atoms with Crippen molar-refractivity contribution in [3.05, 3.63) is 65.6 Å². The molecule has 4 rings (SSSR count). The zero-order chi connectivity index (χ0) is 26.6. The lowest BCUT2D eigenvalue weighted by Crippen LogP contribution is -2.26. The van der Waals surface area contributed by atoms with E-state index in [2.05, 4.69) is 15.2 Å². The lowest BCUT2D eigenvalue weighted by Gasteiger charge is -2.25. The first-order chi connectivity index (χ1) is 17.6. The van der Waals surface area contributed by atoms with Gasteiger partial charge in [-0.05, 0) is 69.5 Å². The van der Waals surface area contributed by atoms with Crippen molar-refractivity contribution in [3.8, 4) is 22.8 Å². The Kier molecular flexibility index (Phi) is 8.01. The lowest BCUT2D eigenvalue weighted by molar-refractivity contribution is -0.274. The highest BCUT2D eigenvalue weighted by Crippen LogP contribution is 2.36. The van der Waals surface area contributed by atoms with Gasteiger partial charge < -0.3 is 19.5 Å². The van der Waals surface area contributed by atoms with Crippen molar-refractivity contribution in [3.63, 3.8) is 0 Å². The molecule has 0 bridgehead atoms. The van der Waals surface area contributed by atoms with Gasteiger partial charge in [-0.1, -0.05) is 12.1 Å². The molecular formula is C26H27F4N3O4. The highest BCUT2D eigenvalue weighted by molar-refractivity contribution is 5.96. The normalized spacial score (nSPS) is 16.0. The average Bonchev–Trinajstić information content (AvgIpc) is 3.27. The standard InChI is InChI=1S/C26H27F4N3O4/c1-16(2)36-22-11-10-17(27)13-20(22)21-14-18(32-33(21)24-9-5-6-12-35-24)15-31-25(34)19-7-3-4-8-23(19)37-26(28,29)30/h3-4,7-8,10-11,13-14,16,24H,5-6,9,12,15H2,1-2H3,(H,31,34). The number of benzene rings is 2. The molecule has 0 spiro atoms. The van der Waals surface area contributed by atoms with Crippen LogP contribution >= 0.6 is 0 Å². The van der Waals surface area contributed by atoms with Crippen LogP contribution in [-0.4, -0.2) is 34.8 Å². The zero-order valence-corrected chi connectivity index (χ0v) is 20.3. The molecule has 1 atom stereocenters. The molecule has 0 aliphatic carbocycles. The van der Waals surface area contributed by atoms with Crippen LogP contribution in [0.5, 0.6) is 11.5 Å². The van der Waals surface area contributed by atoms with E-state index >= 15 is 0 Å². The van der Waals surface area contributed by atoms with Crippen molar-refractivity contribution in [1.82, 2.24) is 15.1 Å². The summed E-state index contributed by atoms with van der Waals surface area (Å²) in [4.78, 5) is 12.7. The Morgan fingerprint density at radius 1 is 1.16 bits per heavy atom. The van der Waals surface area contributed by atoms with E-state index in [-0.39, 0.29) is 18.2 Å². The number of ether oxygens (including phenoxy) is 3. The van der Waals surface area contributed by atoms with E-state index in [1.807, 2.05) is 13.8 Å². The molecule has 3 aromatic rings. The molecule has 0 saturated carbocycles. The second kappa shape index (κ2) is 11.2. The molecule has 7 nitrogen and oxygen atoms in total. The fraction of sp³-hybridized carbons (Fsp3) is 0.385. The van der Waals surface area contributed by atoms with Crippen LogP contribution in [0.4, 0.5) is 17.6 Å². The summed E-state index contributed by atoms with van der Waals surface area (Å²) < 4.78 is 69.9. The van der Waals surface area contributed by atoms with Crippen LogP contribution in [0.15, 0.2) is 48.5 Å². The fourth-order valence-electron chi connectivity index (χ4n) is 4.06. The number of hydrogen-bond acceptors (Lipinski definition) is 5. The molecule has 198 valence electrons. The maximum Gasteiger partial charge on any atom is 0.573 e. The maximum atomic E-state index is 14.3. The molecule has 0 radical (unpaired) electrons. The van der Waals surface area contributed by atoms with Gasteiger partial charge >= 0.3 is 6.36 Å². The van der Waals surface area contributed by atoms with Crippen molar-refractivity contribution in [1.29, 1.82) is 0 Å². The van der Waals surface area contributed by atoms with E-state index in [0.29, 0.717) is 35.7 Å². The Labute approximate surface area is 211 Å². The third-order valence-corrected chi connectivity index (χ3v) is 5.58. The number of aromatic nitrogens is 2. The van der Waals surface area contributed by atoms with Crippen LogP contribution in [0.1, 0.15) is 55.4 Å². The van der Waals surface area contributed by atoms with Crippen LogP contribution in [0.3, 0.4) is 0 Å². The number of alkyl halides is 3. The minimum Gasteiger partial charge on any atom is -0.490 e. The lowest BCUT2D eigenvalue weighted by atomic mass is 10.1. The summed E-state index contributed by atoms with van der Waals surface area (Å²) in [6.07, 6.45) is -2.97. The van der Waals surface area contributed by atoms with E-state index in [9.17, 15) is 22.4 Å². The maximum absolute atomic E-state index is 14.3. The molecular weight excluding hydrogens is 494 g/mol. The fourth-order valence-corrected chi connectivity index (χ4v) is 4.06. The number of nitrogens with zero attached hydrogens (tertiary/aromatic N) is 2. The average molecular weight is 522 g/mol. The summed E-state index contributed by atoms with van der Waals surface area (Å²) >= 11 is 0. The first kappa shape index (κ1) is 26.5. The second-order valence-corrected chi connectivity index (χ2v) is 8.82. The van der Waals surface area contributed by atoms with Crippen LogP contribution in [0.25, 0.3) is 11.3 Å². The van der Waals surface area contributed by atoms with Gasteiger partial charge in [0, 0.05) is 12.2 Å². The smallest absolute Gasteiger partial charge is 0.490 e. The van der Waals surface area contributed by atoms with Crippen LogP contribution in [0.2, 0.25) is 0 Å². The first-order valence-electron chi connectivity index (χ1n) is 11.9. The Balaban J connectivity index is 1.63. The van der Waals surface area contributed by atoms with E-state index < -0.39 is 30.1 Å². The molecule has 11 heteroatoms. The molecule has 37 heavy (non-hydrogen) atoms. The van der Waals surface area contributed by atoms with Crippen molar-refractivity contribution in [2.45, 2.75) is 58.3 Å². The van der Waals surface area contributed by atoms with Gasteiger partial charge in [0.25, 0.3) is 5.91 Å². The minimum absolute atomic E-state index is 0.0956. The minimum atomic E-state index is -4.94. The number of hydrogen-bond donors (Lipinski definition) is 1. The molecule has 1 unspecified atom stereocenters. The largest absolute Gasteiger partial charge is 0.573 e. The van der Waals surface area contributed by atoms with Gasteiger partial charge in [0.05, 0.1) is 29.6 Å². The van der Waals surface area contributed by atoms with Gasteiger partial charge in [-0.15, -0.1) is 13.2 Å². The van der Waals surface area contributed by atoms with E-state index in [1.54, 1.807) is 16.8 Å². The Bertz CT molecular complexity index is 1240. The summed E-state index contributed by atoms with van der Waals surface area (Å²) in [5.41, 5.74) is 1.14. The number of amides is 1. The molecule has 1 aromatic heterocycles. The van der Waals surface area contributed by atoms with Gasteiger partial charge in [0.1, 0.15) is 17.3 Å². The molecule has 1 saturated heterocycles. The SMILES string of the molecule is CC(C)Oc1ccc(F)cc1-c1cc(CNC(=O)c2ccccc2OC(F)(F)F)nn1C1CCCCO1. The summed E-state index contributed by atoms with van der Waals surface area (Å²) in [5, 5.41) is 7.18. The van der Waals surface area contributed by atoms with Gasteiger partial charge in [0.15, 0.2) is 6.23 Å². The third-order valence-electron chi connectivity index (χ3n) is 5.58. The summed E-state index contributed by atoms with van der Waals surface area (Å²) in [7, 11) is 0. The van der Waals surface area contributed by atoms with Crippen molar-refractivity contribution in [2.24, 2.45) is 0 Å². The van der Waals surface area contributed by atoms with Gasteiger partial charge in [-0.25, -0.2) is 9.07 Å². The van der Waals surface area contributed by atoms with E-state index in [4.69, 9.17) is 9.47 Å². The number of halogens is 4.